The maximum absolute atomic E-state index is 8.57. The number of aliphatic hydroxyl groups is 1. The predicted molar refractivity (Wildman–Crippen MR) is 45.4 cm³/mol. The van der Waals surface area contributed by atoms with Crippen molar-refractivity contribution < 1.29 is 9.84 Å². The van der Waals surface area contributed by atoms with E-state index in [2.05, 4.69) is 6.92 Å². The lowest BCUT2D eigenvalue weighted by Crippen LogP contribution is -2.31. The summed E-state index contributed by atoms with van der Waals surface area (Å²) in [5.74, 6) is 0. The quantitative estimate of drug-likeness (QED) is 0.597. The van der Waals surface area contributed by atoms with Crippen molar-refractivity contribution in [2.75, 3.05) is 13.2 Å². The molecule has 0 aliphatic carbocycles. The van der Waals surface area contributed by atoms with Gasteiger partial charge < -0.3 is 15.6 Å². The molecule has 0 aliphatic heterocycles. The van der Waals surface area contributed by atoms with Crippen LogP contribution in [-0.4, -0.2) is 30.5 Å². The summed E-state index contributed by atoms with van der Waals surface area (Å²) >= 11 is 0. The van der Waals surface area contributed by atoms with Gasteiger partial charge in [0, 0.05) is 0 Å². The van der Waals surface area contributed by atoms with Gasteiger partial charge in [0.2, 0.25) is 0 Å². The van der Waals surface area contributed by atoms with Gasteiger partial charge in [-0.1, -0.05) is 13.3 Å². The summed E-state index contributed by atoms with van der Waals surface area (Å²) in [6, 6.07) is -0.227. The fourth-order valence-corrected chi connectivity index (χ4v) is 0.830. The molecule has 0 saturated heterocycles. The zero-order chi connectivity index (χ0) is 8.69. The average molecular weight is 161 g/mol. The minimum Gasteiger partial charge on any atom is -0.395 e. The van der Waals surface area contributed by atoms with Crippen molar-refractivity contribution in [1.29, 1.82) is 0 Å². The Morgan fingerprint density at radius 2 is 2.18 bits per heavy atom. The number of ether oxygens (including phenoxy) is 1. The smallest absolute Gasteiger partial charge is 0.0643 e. The fraction of sp³-hybridized carbons (Fsp3) is 1.00. The molecule has 0 spiro atoms. The zero-order valence-corrected chi connectivity index (χ0v) is 7.42. The van der Waals surface area contributed by atoms with Crippen LogP contribution in [0.3, 0.4) is 0 Å². The Balaban J connectivity index is 3.22. The van der Waals surface area contributed by atoms with Crippen molar-refractivity contribution in [2.24, 2.45) is 5.73 Å². The second-order valence-electron chi connectivity index (χ2n) is 2.88. The van der Waals surface area contributed by atoms with E-state index >= 15 is 0 Å². The lowest BCUT2D eigenvalue weighted by atomic mass is 10.2. The Labute approximate surface area is 68.5 Å². The van der Waals surface area contributed by atoms with Gasteiger partial charge in [0.05, 0.1) is 25.4 Å². The summed E-state index contributed by atoms with van der Waals surface area (Å²) in [6.45, 7) is 4.59. The highest BCUT2D eigenvalue weighted by Gasteiger charge is 2.04. The van der Waals surface area contributed by atoms with E-state index in [1.807, 2.05) is 6.92 Å². The maximum Gasteiger partial charge on any atom is 0.0643 e. The molecule has 2 atom stereocenters. The first kappa shape index (κ1) is 10.9. The minimum atomic E-state index is -0.227. The topological polar surface area (TPSA) is 55.5 Å². The van der Waals surface area contributed by atoms with E-state index in [-0.39, 0.29) is 18.8 Å². The summed E-state index contributed by atoms with van der Waals surface area (Å²) in [4.78, 5) is 0. The first-order valence-electron chi connectivity index (χ1n) is 4.18. The fourth-order valence-electron chi connectivity index (χ4n) is 0.830. The molecule has 11 heavy (non-hydrogen) atoms. The van der Waals surface area contributed by atoms with E-state index in [1.54, 1.807) is 0 Å². The molecule has 0 aromatic heterocycles. The van der Waals surface area contributed by atoms with Crippen LogP contribution in [-0.2, 0) is 4.74 Å². The van der Waals surface area contributed by atoms with Gasteiger partial charge in [-0.3, -0.25) is 0 Å². The second kappa shape index (κ2) is 6.58. The van der Waals surface area contributed by atoms with Crippen LogP contribution >= 0.6 is 0 Å². The second-order valence-corrected chi connectivity index (χ2v) is 2.88. The molecule has 0 heterocycles. The van der Waals surface area contributed by atoms with E-state index in [0.29, 0.717) is 6.61 Å². The van der Waals surface area contributed by atoms with Crippen molar-refractivity contribution in [3.8, 4) is 0 Å². The third-order valence-corrected chi connectivity index (χ3v) is 1.52. The molecule has 3 heteroatoms. The van der Waals surface area contributed by atoms with Crippen LogP contribution in [0.4, 0.5) is 0 Å². The van der Waals surface area contributed by atoms with Crippen LogP contribution in [0.2, 0.25) is 0 Å². The Morgan fingerprint density at radius 1 is 1.55 bits per heavy atom. The lowest BCUT2D eigenvalue weighted by molar-refractivity contribution is 0.0404. The molecule has 0 bridgehead atoms. The van der Waals surface area contributed by atoms with Crippen molar-refractivity contribution in [1.82, 2.24) is 0 Å². The summed E-state index contributed by atoms with van der Waals surface area (Å²) in [6.07, 6.45) is 2.44. The highest BCUT2D eigenvalue weighted by molar-refractivity contribution is 4.58. The highest BCUT2D eigenvalue weighted by Crippen LogP contribution is 2.00. The van der Waals surface area contributed by atoms with Gasteiger partial charge >= 0.3 is 0 Å². The molecule has 0 saturated carbocycles. The molecule has 0 amide bonds. The molecule has 0 aromatic carbocycles. The van der Waals surface area contributed by atoms with Gasteiger partial charge in [-0.2, -0.15) is 0 Å². The van der Waals surface area contributed by atoms with Gasteiger partial charge in [0.1, 0.15) is 0 Å². The Hall–Kier alpha value is -0.120. The summed E-state index contributed by atoms with van der Waals surface area (Å²) < 4.78 is 5.35. The van der Waals surface area contributed by atoms with Gasteiger partial charge in [-0.25, -0.2) is 0 Å². The third kappa shape index (κ3) is 6.28. The normalized spacial score (nSPS) is 16.4. The number of hydrogen-bond donors (Lipinski definition) is 2. The van der Waals surface area contributed by atoms with Gasteiger partial charge in [-0.05, 0) is 13.3 Å². The zero-order valence-electron chi connectivity index (χ0n) is 7.42. The van der Waals surface area contributed by atoms with Crippen LogP contribution in [0.15, 0.2) is 0 Å². The van der Waals surface area contributed by atoms with Crippen LogP contribution < -0.4 is 5.73 Å². The summed E-state index contributed by atoms with van der Waals surface area (Å²) in [7, 11) is 0. The number of nitrogens with two attached hydrogens (primary N) is 1. The first-order chi connectivity index (χ1) is 5.20. The van der Waals surface area contributed by atoms with E-state index in [9.17, 15) is 0 Å². The summed E-state index contributed by atoms with van der Waals surface area (Å²) in [5.41, 5.74) is 5.44. The molecule has 2 unspecified atom stereocenters. The van der Waals surface area contributed by atoms with Crippen molar-refractivity contribution >= 4 is 0 Å². The molecule has 3 nitrogen and oxygen atoms in total. The van der Waals surface area contributed by atoms with Crippen LogP contribution in [0, 0.1) is 0 Å². The van der Waals surface area contributed by atoms with Gasteiger partial charge in [0.15, 0.2) is 0 Å². The van der Waals surface area contributed by atoms with E-state index in [4.69, 9.17) is 15.6 Å². The van der Waals surface area contributed by atoms with Crippen molar-refractivity contribution in [3.05, 3.63) is 0 Å². The SMILES string of the molecule is CCCC(C)OCC(N)CO. The standard InChI is InChI=1S/C8H19NO2/c1-3-4-7(2)11-6-8(9)5-10/h7-8,10H,3-6,9H2,1-2H3. The van der Waals surface area contributed by atoms with Gasteiger partial charge in [0.25, 0.3) is 0 Å². The van der Waals surface area contributed by atoms with Crippen molar-refractivity contribution in [2.45, 2.75) is 38.8 Å². The molecule has 0 rings (SSSR count). The van der Waals surface area contributed by atoms with Crippen LogP contribution in [0.25, 0.3) is 0 Å². The Bertz CT molecular complexity index is 88.2. The van der Waals surface area contributed by atoms with E-state index < -0.39 is 0 Å². The largest absolute Gasteiger partial charge is 0.395 e. The van der Waals surface area contributed by atoms with Crippen LogP contribution in [0.5, 0.6) is 0 Å². The molecule has 0 aliphatic rings. The summed E-state index contributed by atoms with van der Waals surface area (Å²) in [5, 5.41) is 8.57. The molecular formula is C8H19NO2. The monoisotopic (exact) mass is 161 g/mol. The van der Waals surface area contributed by atoms with E-state index in [1.165, 1.54) is 0 Å². The minimum absolute atomic E-state index is 0.00115. The number of rotatable bonds is 6. The van der Waals surface area contributed by atoms with Gasteiger partial charge in [-0.15, -0.1) is 0 Å². The maximum atomic E-state index is 8.57. The lowest BCUT2D eigenvalue weighted by Gasteiger charge is -2.14. The average Bonchev–Trinajstić information content (AvgIpc) is 2.01. The molecule has 3 N–H and O–H groups in total. The Morgan fingerprint density at radius 3 is 2.64 bits per heavy atom. The molecule has 68 valence electrons. The van der Waals surface area contributed by atoms with Crippen LogP contribution in [0.1, 0.15) is 26.7 Å². The third-order valence-electron chi connectivity index (χ3n) is 1.52. The molecule has 0 aromatic rings. The first-order valence-corrected chi connectivity index (χ1v) is 4.18. The van der Waals surface area contributed by atoms with E-state index in [0.717, 1.165) is 12.8 Å². The highest BCUT2D eigenvalue weighted by atomic mass is 16.5. The molecule has 0 fully saturated rings. The van der Waals surface area contributed by atoms with Crippen molar-refractivity contribution in [3.63, 3.8) is 0 Å². The number of hydrogen-bond acceptors (Lipinski definition) is 3. The Kier molecular flexibility index (Phi) is 6.51. The molecule has 0 radical (unpaired) electrons. The molecular weight excluding hydrogens is 142 g/mol. The predicted octanol–water partition coefficient (Wildman–Crippen LogP) is 0.511. The number of aliphatic hydroxyl groups excluding tert-OH is 1.